The van der Waals surface area contributed by atoms with Gasteiger partial charge < -0.3 is 0 Å². The predicted molar refractivity (Wildman–Crippen MR) is 110 cm³/mol. The molecule has 3 rings (SSSR count). The fourth-order valence-corrected chi connectivity index (χ4v) is 7.71. The molecule has 0 aromatic heterocycles. The summed E-state index contributed by atoms with van der Waals surface area (Å²) < 4.78 is 27.7. The van der Waals surface area contributed by atoms with Gasteiger partial charge in [0.25, 0.3) is 0 Å². The van der Waals surface area contributed by atoms with Crippen molar-refractivity contribution in [2.24, 2.45) is 17.8 Å². The van der Waals surface area contributed by atoms with E-state index in [1.54, 1.807) is 25.1 Å². The van der Waals surface area contributed by atoms with E-state index in [4.69, 9.17) is 0 Å². The Balaban J connectivity index is 1.36. The van der Waals surface area contributed by atoms with Crippen LogP contribution in [0.2, 0.25) is 11.6 Å². The molecule has 0 saturated heterocycles. The molecule has 3 heteroatoms. The smallest absolute Gasteiger partial charge is 0.162 e. The van der Waals surface area contributed by atoms with Crippen molar-refractivity contribution < 1.29 is 8.78 Å². The zero-order valence-corrected chi connectivity index (χ0v) is 18.1. The maximum absolute atomic E-state index is 14.0. The van der Waals surface area contributed by atoms with Gasteiger partial charge in [-0.15, -0.1) is 0 Å². The molecule has 146 valence electrons. The van der Waals surface area contributed by atoms with Gasteiger partial charge in [-0.25, -0.2) is 8.78 Å². The maximum Gasteiger partial charge on any atom is 0.162 e. The van der Waals surface area contributed by atoms with Crippen molar-refractivity contribution in [3.05, 3.63) is 34.9 Å². The van der Waals surface area contributed by atoms with Crippen LogP contribution in [0.1, 0.15) is 75.8 Å². The second-order valence-corrected chi connectivity index (χ2v) is 11.6. The fraction of sp³-hybridized carbons (Fsp3) is 0.739. The van der Waals surface area contributed by atoms with Gasteiger partial charge in [0.1, 0.15) is 0 Å². The van der Waals surface area contributed by atoms with E-state index in [0.29, 0.717) is 17.5 Å². The van der Waals surface area contributed by atoms with Crippen molar-refractivity contribution >= 4 is 9.52 Å². The summed E-state index contributed by atoms with van der Waals surface area (Å²) in [4.78, 5) is 0. The minimum atomic E-state index is -0.658. The molecule has 2 aliphatic rings. The Morgan fingerprint density at radius 2 is 1.54 bits per heavy atom. The summed E-state index contributed by atoms with van der Waals surface area (Å²) in [5.74, 6) is 1.46. The Labute approximate surface area is 161 Å². The third kappa shape index (κ3) is 5.40. The van der Waals surface area contributed by atoms with Crippen molar-refractivity contribution in [3.8, 4) is 0 Å². The highest BCUT2D eigenvalue weighted by atomic mass is 28.2. The topological polar surface area (TPSA) is 0 Å². The van der Waals surface area contributed by atoms with Gasteiger partial charge in [-0.2, -0.15) is 0 Å². The SMILES string of the molecule is Cc1ccc(CCC2CCC([SiH2]CC3CCC(C)CC3)CC2)c(F)c1F. The van der Waals surface area contributed by atoms with Gasteiger partial charge in [0.15, 0.2) is 11.6 Å². The van der Waals surface area contributed by atoms with E-state index in [9.17, 15) is 8.78 Å². The minimum Gasteiger partial charge on any atom is -0.203 e. The molecule has 1 aromatic carbocycles. The summed E-state index contributed by atoms with van der Waals surface area (Å²) in [6, 6.07) is 5.06. The lowest BCUT2D eigenvalue weighted by Gasteiger charge is -2.31. The first-order chi connectivity index (χ1) is 12.5. The number of rotatable bonds is 6. The van der Waals surface area contributed by atoms with E-state index < -0.39 is 11.6 Å². The van der Waals surface area contributed by atoms with E-state index in [-0.39, 0.29) is 9.52 Å². The van der Waals surface area contributed by atoms with E-state index in [0.717, 1.165) is 29.7 Å². The molecule has 0 amide bonds. The second kappa shape index (κ2) is 9.48. The van der Waals surface area contributed by atoms with E-state index in [1.165, 1.54) is 51.4 Å². The molecule has 0 heterocycles. The van der Waals surface area contributed by atoms with Crippen LogP contribution in [0.3, 0.4) is 0 Å². The number of hydrogen-bond donors (Lipinski definition) is 0. The molecule has 2 saturated carbocycles. The molecule has 0 bridgehead atoms. The Hall–Kier alpha value is -0.703. The lowest BCUT2D eigenvalue weighted by molar-refractivity contribution is 0.304. The molecule has 0 spiro atoms. The Morgan fingerprint density at radius 1 is 0.885 bits per heavy atom. The lowest BCUT2D eigenvalue weighted by atomic mass is 9.84. The molecule has 26 heavy (non-hydrogen) atoms. The van der Waals surface area contributed by atoms with Crippen LogP contribution < -0.4 is 0 Å². The van der Waals surface area contributed by atoms with Crippen LogP contribution in [-0.4, -0.2) is 9.52 Å². The molecule has 2 aliphatic carbocycles. The molecule has 0 atom stereocenters. The molecular formula is C23H36F2Si. The molecule has 2 fully saturated rings. The van der Waals surface area contributed by atoms with Crippen molar-refractivity contribution in [3.63, 3.8) is 0 Å². The normalized spacial score (nSPS) is 30.2. The molecule has 0 aliphatic heterocycles. The zero-order valence-electron chi connectivity index (χ0n) is 16.7. The summed E-state index contributed by atoms with van der Waals surface area (Å²) in [5.41, 5.74) is 2.03. The van der Waals surface area contributed by atoms with E-state index in [2.05, 4.69) is 6.92 Å². The van der Waals surface area contributed by atoms with Gasteiger partial charge in [0.05, 0.1) is 0 Å². The van der Waals surface area contributed by atoms with Crippen molar-refractivity contribution in [1.29, 1.82) is 0 Å². The predicted octanol–water partition coefficient (Wildman–Crippen LogP) is 6.60. The molecule has 1 aromatic rings. The average molecular weight is 379 g/mol. The summed E-state index contributed by atoms with van der Waals surface area (Å²) >= 11 is 0. The minimum absolute atomic E-state index is 0.0905. The van der Waals surface area contributed by atoms with Gasteiger partial charge in [0.2, 0.25) is 0 Å². The Kier molecular flexibility index (Phi) is 7.31. The third-order valence-electron chi connectivity index (χ3n) is 7.26. The summed E-state index contributed by atoms with van der Waals surface area (Å²) in [6.45, 7) is 4.03. The van der Waals surface area contributed by atoms with E-state index >= 15 is 0 Å². The Bertz CT molecular complexity index is 570. The number of aryl methyl sites for hydroxylation is 2. The van der Waals surface area contributed by atoms with Gasteiger partial charge in [0, 0.05) is 9.52 Å². The van der Waals surface area contributed by atoms with Crippen LogP contribution in [0.25, 0.3) is 0 Å². The van der Waals surface area contributed by atoms with Crippen molar-refractivity contribution in [2.75, 3.05) is 0 Å². The highest BCUT2D eigenvalue weighted by Crippen LogP contribution is 2.37. The molecule has 0 nitrogen and oxygen atoms in total. The highest BCUT2D eigenvalue weighted by molar-refractivity contribution is 6.37. The van der Waals surface area contributed by atoms with Crippen LogP contribution in [0.5, 0.6) is 0 Å². The van der Waals surface area contributed by atoms with Crippen molar-refractivity contribution in [2.45, 2.75) is 89.6 Å². The first kappa shape index (κ1) is 20.0. The summed E-state index contributed by atoms with van der Waals surface area (Å²) in [6.07, 6.45) is 13.1. The van der Waals surface area contributed by atoms with Crippen molar-refractivity contribution in [1.82, 2.24) is 0 Å². The Morgan fingerprint density at radius 3 is 2.23 bits per heavy atom. The largest absolute Gasteiger partial charge is 0.203 e. The number of halogens is 2. The molecule has 0 unspecified atom stereocenters. The fourth-order valence-electron chi connectivity index (χ4n) is 5.14. The van der Waals surface area contributed by atoms with Gasteiger partial charge in [-0.3, -0.25) is 0 Å². The monoisotopic (exact) mass is 378 g/mol. The quantitative estimate of drug-likeness (QED) is 0.489. The van der Waals surface area contributed by atoms with Crippen LogP contribution in [0, 0.1) is 36.3 Å². The zero-order chi connectivity index (χ0) is 18.5. The standard InChI is InChI=1S/C23H36F2Si/c1-16-3-6-19(7-4-16)15-26-21-13-9-18(10-14-21)8-12-20-11-5-17(2)22(24)23(20)25/h5,11,16,18-19,21H,3-4,6-10,12-15,26H2,1-2H3. The molecular weight excluding hydrogens is 342 g/mol. The van der Waals surface area contributed by atoms with Gasteiger partial charge in [-0.05, 0) is 48.6 Å². The first-order valence-electron chi connectivity index (χ1n) is 11.0. The second-order valence-electron chi connectivity index (χ2n) is 9.30. The highest BCUT2D eigenvalue weighted by Gasteiger charge is 2.24. The van der Waals surface area contributed by atoms with Gasteiger partial charge >= 0.3 is 0 Å². The van der Waals surface area contributed by atoms with Crippen LogP contribution >= 0.6 is 0 Å². The third-order valence-corrected chi connectivity index (χ3v) is 10.0. The van der Waals surface area contributed by atoms with Crippen LogP contribution in [-0.2, 0) is 6.42 Å². The number of benzene rings is 1. The van der Waals surface area contributed by atoms with E-state index in [1.807, 2.05) is 0 Å². The average Bonchev–Trinajstić information content (AvgIpc) is 2.66. The van der Waals surface area contributed by atoms with Crippen LogP contribution in [0.15, 0.2) is 12.1 Å². The molecule has 0 radical (unpaired) electrons. The van der Waals surface area contributed by atoms with Gasteiger partial charge in [-0.1, -0.05) is 82.0 Å². The maximum atomic E-state index is 14.0. The lowest BCUT2D eigenvalue weighted by Crippen LogP contribution is -2.19. The van der Waals surface area contributed by atoms with Crippen LogP contribution in [0.4, 0.5) is 8.78 Å². The summed E-state index contributed by atoms with van der Waals surface area (Å²) in [7, 11) is 0.0905. The first-order valence-corrected chi connectivity index (χ1v) is 12.8. The summed E-state index contributed by atoms with van der Waals surface area (Å²) in [5, 5.41) is 0. The number of hydrogen-bond acceptors (Lipinski definition) is 0. The molecule has 0 N–H and O–H groups in total.